The number of hydrogen-bond acceptors (Lipinski definition) is 6. The monoisotopic (exact) mass is 449 g/mol. The average molecular weight is 449 g/mol. The van der Waals surface area contributed by atoms with Crippen molar-refractivity contribution in [3.8, 4) is 5.75 Å². The van der Waals surface area contributed by atoms with Crippen molar-refractivity contribution < 1.29 is 22.7 Å². The Morgan fingerprint density at radius 2 is 1.59 bits per heavy atom. The molecule has 0 fully saturated rings. The summed E-state index contributed by atoms with van der Waals surface area (Å²) < 4.78 is 32.0. The molecule has 9 heteroatoms. The molecule has 0 saturated carbocycles. The van der Waals surface area contributed by atoms with Gasteiger partial charge in [-0.25, -0.2) is 13.2 Å². The second-order valence-electron chi connectivity index (χ2n) is 7.02. The summed E-state index contributed by atoms with van der Waals surface area (Å²) in [5, 5.41) is 2.76. The maximum atomic E-state index is 12.4. The summed E-state index contributed by atoms with van der Waals surface area (Å²) in [7, 11) is -3.69. The number of carbonyl (C=O) groups is 2. The minimum Gasteiger partial charge on any atom is -0.425 e. The van der Waals surface area contributed by atoms with E-state index in [1.54, 1.807) is 66.7 Å². The van der Waals surface area contributed by atoms with Crippen molar-refractivity contribution in [3.63, 3.8) is 0 Å². The van der Waals surface area contributed by atoms with Gasteiger partial charge in [-0.1, -0.05) is 30.3 Å². The number of benzene rings is 3. The van der Waals surface area contributed by atoms with Crippen molar-refractivity contribution >= 4 is 33.4 Å². The predicted molar refractivity (Wildman–Crippen MR) is 119 cm³/mol. The molecule has 2 N–H and O–H groups in total. The van der Waals surface area contributed by atoms with Crippen LogP contribution in [0, 0.1) is 0 Å². The van der Waals surface area contributed by atoms with Gasteiger partial charge in [0.25, 0.3) is 15.9 Å². The van der Waals surface area contributed by atoms with Gasteiger partial charge in [-0.2, -0.15) is 0 Å². The highest BCUT2D eigenvalue weighted by Gasteiger charge is 2.31. The highest BCUT2D eigenvalue weighted by atomic mass is 32.2. The van der Waals surface area contributed by atoms with Crippen molar-refractivity contribution in [2.45, 2.75) is 17.9 Å². The number of anilines is 1. The van der Waals surface area contributed by atoms with E-state index in [1.165, 1.54) is 13.0 Å². The fourth-order valence-corrected chi connectivity index (χ4v) is 4.32. The van der Waals surface area contributed by atoms with Crippen LogP contribution in [0.5, 0.6) is 5.75 Å². The molecule has 1 aliphatic heterocycles. The van der Waals surface area contributed by atoms with Gasteiger partial charge in [0.1, 0.15) is 17.6 Å². The fourth-order valence-electron chi connectivity index (χ4n) is 3.08. The van der Waals surface area contributed by atoms with E-state index < -0.39 is 22.0 Å². The van der Waals surface area contributed by atoms with Gasteiger partial charge in [0.05, 0.1) is 4.90 Å². The Labute approximate surface area is 185 Å². The lowest BCUT2D eigenvalue weighted by Crippen LogP contribution is -2.27. The third-order valence-electron chi connectivity index (χ3n) is 4.69. The molecule has 8 nitrogen and oxygen atoms in total. The van der Waals surface area contributed by atoms with E-state index in [2.05, 4.69) is 15.0 Å². The molecule has 0 unspecified atom stereocenters. The number of aliphatic imine (C=N–C) groups is 1. The number of amides is 1. The Kier molecular flexibility index (Phi) is 5.74. The molecule has 162 valence electrons. The van der Waals surface area contributed by atoms with Crippen LogP contribution in [0.2, 0.25) is 0 Å². The third kappa shape index (κ3) is 4.52. The second kappa shape index (κ2) is 8.64. The van der Waals surface area contributed by atoms with Crippen molar-refractivity contribution in [2.24, 2.45) is 4.99 Å². The van der Waals surface area contributed by atoms with E-state index in [0.717, 1.165) is 0 Å². The molecule has 4 rings (SSSR count). The van der Waals surface area contributed by atoms with Crippen LogP contribution in [0.25, 0.3) is 0 Å². The third-order valence-corrected chi connectivity index (χ3v) is 6.09. The van der Waals surface area contributed by atoms with E-state index >= 15 is 0 Å². The number of rotatable bonds is 5. The lowest BCUT2D eigenvalue weighted by molar-refractivity contribution is -0.135. The summed E-state index contributed by atoms with van der Waals surface area (Å²) >= 11 is 0. The normalized spacial score (nSPS) is 16.0. The minimum absolute atomic E-state index is 0.101. The van der Waals surface area contributed by atoms with Crippen LogP contribution in [-0.2, 0) is 14.8 Å². The SMILES string of the molecule is C[C@H](N=C1NS(=O)(=O)c2ccccc21)C(=O)Oc1ccc(NC(=O)c2ccccc2)cc1. The van der Waals surface area contributed by atoms with Crippen LogP contribution in [0.3, 0.4) is 0 Å². The highest BCUT2D eigenvalue weighted by molar-refractivity contribution is 7.90. The van der Waals surface area contributed by atoms with Crippen LogP contribution in [0.15, 0.2) is 88.8 Å². The molecular formula is C23H19N3O5S. The van der Waals surface area contributed by atoms with Gasteiger partial charge in [-0.05, 0) is 55.5 Å². The molecule has 1 atom stereocenters. The van der Waals surface area contributed by atoms with Gasteiger partial charge in [-0.15, -0.1) is 0 Å². The van der Waals surface area contributed by atoms with Crippen LogP contribution in [-0.4, -0.2) is 32.2 Å². The number of sulfonamides is 1. The molecule has 3 aromatic rings. The van der Waals surface area contributed by atoms with Gasteiger partial charge < -0.3 is 10.1 Å². The minimum atomic E-state index is -3.69. The van der Waals surface area contributed by atoms with Gasteiger partial charge in [0.2, 0.25) is 0 Å². The molecule has 0 saturated heterocycles. The standard InChI is InChI=1S/C23H19N3O5S/c1-15(24-21-19-9-5-6-10-20(19)32(29,30)26-21)23(28)31-18-13-11-17(12-14-18)25-22(27)16-7-3-2-4-8-16/h2-15H,1H3,(H,24,26)(H,25,27)/t15-/m0/s1. The van der Waals surface area contributed by atoms with E-state index in [1.807, 2.05) is 6.07 Å². The van der Waals surface area contributed by atoms with Crippen molar-refractivity contribution in [2.75, 3.05) is 5.32 Å². The largest absolute Gasteiger partial charge is 0.425 e. The molecule has 1 aliphatic rings. The fraction of sp³-hybridized carbons (Fsp3) is 0.0870. The molecule has 0 spiro atoms. The Morgan fingerprint density at radius 3 is 2.31 bits per heavy atom. The molecule has 0 bridgehead atoms. The number of ether oxygens (including phenoxy) is 1. The summed E-state index contributed by atoms with van der Waals surface area (Å²) in [5.74, 6) is -0.530. The van der Waals surface area contributed by atoms with Crippen LogP contribution >= 0.6 is 0 Å². The van der Waals surface area contributed by atoms with Crippen molar-refractivity contribution in [1.29, 1.82) is 0 Å². The molecule has 3 aromatic carbocycles. The Hall–Kier alpha value is -3.98. The smallest absolute Gasteiger partial charge is 0.336 e. The first-order valence-corrected chi connectivity index (χ1v) is 11.2. The summed E-state index contributed by atoms with van der Waals surface area (Å²) in [6, 6.07) is 20.6. The zero-order valence-corrected chi connectivity index (χ0v) is 17.8. The van der Waals surface area contributed by atoms with E-state index in [9.17, 15) is 18.0 Å². The summed E-state index contributed by atoms with van der Waals surface area (Å²) in [4.78, 5) is 29.0. The number of hydrogen-bond donors (Lipinski definition) is 2. The number of fused-ring (bicyclic) bond motifs is 1. The Bertz CT molecular complexity index is 1300. The van der Waals surface area contributed by atoms with Gasteiger partial charge in [-0.3, -0.25) is 14.5 Å². The number of amidine groups is 1. The highest BCUT2D eigenvalue weighted by Crippen LogP contribution is 2.23. The molecule has 0 radical (unpaired) electrons. The molecule has 1 amide bonds. The van der Waals surface area contributed by atoms with Gasteiger partial charge in [0.15, 0.2) is 0 Å². The molecule has 0 aromatic heterocycles. The quantitative estimate of drug-likeness (QED) is 0.459. The first-order valence-electron chi connectivity index (χ1n) is 9.72. The van der Waals surface area contributed by atoms with E-state index in [0.29, 0.717) is 16.8 Å². The van der Waals surface area contributed by atoms with Gasteiger partial charge in [0, 0.05) is 16.8 Å². The van der Waals surface area contributed by atoms with Crippen molar-refractivity contribution in [1.82, 2.24) is 4.72 Å². The number of carbonyl (C=O) groups excluding carboxylic acids is 2. The van der Waals surface area contributed by atoms with Gasteiger partial charge >= 0.3 is 5.97 Å². The van der Waals surface area contributed by atoms with Crippen LogP contribution in [0.1, 0.15) is 22.8 Å². The van der Waals surface area contributed by atoms with Crippen LogP contribution in [0.4, 0.5) is 5.69 Å². The average Bonchev–Trinajstić information content (AvgIpc) is 3.05. The molecule has 0 aliphatic carbocycles. The maximum Gasteiger partial charge on any atom is 0.336 e. The first kappa shape index (κ1) is 21.3. The summed E-state index contributed by atoms with van der Waals surface area (Å²) in [6.45, 7) is 1.51. The second-order valence-corrected chi connectivity index (χ2v) is 8.67. The maximum absolute atomic E-state index is 12.4. The Balaban J connectivity index is 1.41. The van der Waals surface area contributed by atoms with Crippen LogP contribution < -0.4 is 14.8 Å². The number of nitrogens with zero attached hydrogens (tertiary/aromatic N) is 1. The molecule has 1 heterocycles. The summed E-state index contributed by atoms with van der Waals surface area (Å²) in [5.41, 5.74) is 1.48. The first-order chi connectivity index (χ1) is 15.3. The van der Waals surface area contributed by atoms with E-state index in [-0.39, 0.29) is 22.4 Å². The topological polar surface area (TPSA) is 114 Å². The lowest BCUT2D eigenvalue weighted by Gasteiger charge is -2.10. The zero-order valence-electron chi connectivity index (χ0n) is 17.0. The van der Waals surface area contributed by atoms with E-state index in [4.69, 9.17) is 4.74 Å². The Morgan fingerprint density at radius 1 is 0.938 bits per heavy atom. The lowest BCUT2D eigenvalue weighted by atomic mass is 10.2. The summed E-state index contributed by atoms with van der Waals surface area (Å²) in [6.07, 6.45) is 0. The predicted octanol–water partition coefficient (Wildman–Crippen LogP) is 2.97. The number of nitrogens with one attached hydrogen (secondary N) is 2. The zero-order chi connectivity index (χ0) is 22.7. The number of esters is 1. The molecular weight excluding hydrogens is 430 g/mol. The van der Waals surface area contributed by atoms with Crippen molar-refractivity contribution in [3.05, 3.63) is 90.0 Å². The molecule has 32 heavy (non-hydrogen) atoms.